The topological polar surface area (TPSA) is 30.7 Å². The van der Waals surface area contributed by atoms with Crippen LogP contribution >= 0.6 is 11.3 Å². The van der Waals surface area contributed by atoms with Crippen LogP contribution in [0, 0.1) is 5.92 Å². The second-order valence-corrected chi connectivity index (χ2v) is 14.6. The number of fused-ring (bicyclic) bond motifs is 6. The first kappa shape index (κ1) is 29.8. The summed E-state index contributed by atoms with van der Waals surface area (Å²) < 4.78 is 5.03. The molecule has 0 saturated carbocycles. The van der Waals surface area contributed by atoms with Gasteiger partial charge in [0.1, 0.15) is 0 Å². The third-order valence-corrected chi connectivity index (χ3v) is 11.5. The Morgan fingerprint density at radius 3 is 2.10 bits per heavy atom. The average molecular weight is 672 g/mol. The van der Waals surface area contributed by atoms with Crippen LogP contribution in [0.2, 0.25) is 0 Å². The fraction of sp³-hybridized carbons (Fsp3) is 0.0638. The Morgan fingerprint density at radius 1 is 0.510 bits per heavy atom. The predicted molar refractivity (Wildman–Crippen MR) is 216 cm³/mol. The molecular formula is C47H33N3S. The van der Waals surface area contributed by atoms with Gasteiger partial charge in [0, 0.05) is 53.7 Å². The minimum atomic E-state index is 0.188. The molecule has 0 radical (unpaired) electrons. The molecule has 4 heteroatoms. The lowest BCUT2D eigenvalue weighted by Crippen LogP contribution is -2.11. The van der Waals surface area contributed by atoms with Gasteiger partial charge in [-0.25, -0.2) is 9.97 Å². The molecule has 9 aromatic rings. The maximum Gasteiger partial charge on any atom is 0.160 e. The lowest BCUT2D eigenvalue weighted by Gasteiger charge is -2.21. The Morgan fingerprint density at radius 2 is 1.22 bits per heavy atom. The van der Waals surface area contributed by atoms with Crippen molar-refractivity contribution in [1.29, 1.82) is 0 Å². The monoisotopic (exact) mass is 671 g/mol. The van der Waals surface area contributed by atoms with E-state index in [1.165, 1.54) is 53.1 Å². The molecule has 2 atom stereocenters. The molecule has 0 saturated heterocycles. The van der Waals surface area contributed by atoms with Crippen LogP contribution in [-0.2, 0) is 0 Å². The van der Waals surface area contributed by atoms with Crippen LogP contribution in [0.5, 0.6) is 0 Å². The van der Waals surface area contributed by atoms with Crippen LogP contribution in [0.15, 0.2) is 170 Å². The van der Waals surface area contributed by atoms with Crippen molar-refractivity contribution in [3.8, 4) is 39.5 Å². The maximum atomic E-state index is 5.23. The molecule has 51 heavy (non-hydrogen) atoms. The maximum absolute atomic E-state index is 5.23. The highest BCUT2D eigenvalue weighted by Gasteiger charge is 2.21. The van der Waals surface area contributed by atoms with E-state index >= 15 is 0 Å². The number of allylic oxidation sites excluding steroid dienone is 4. The third kappa shape index (κ3) is 5.10. The zero-order valence-electron chi connectivity index (χ0n) is 28.1. The van der Waals surface area contributed by atoms with Crippen LogP contribution in [0.3, 0.4) is 0 Å². The molecule has 1 aliphatic rings. The van der Waals surface area contributed by atoms with E-state index in [9.17, 15) is 0 Å². The molecule has 3 heterocycles. The molecule has 0 amide bonds. The van der Waals surface area contributed by atoms with E-state index in [-0.39, 0.29) is 5.92 Å². The van der Waals surface area contributed by atoms with Gasteiger partial charge in [-0.15, -0.1) is 11.3 Å². The second kappa shape index (κ2) is 12.0. The molecule has 1 aliphatic carbocycles. The van der Waals surface area contributed by atoms with Crippen molar-refractivity contribution < 1.29 is 0 Å². The van der Waals surface area contributed by atoms with Gasteiger partial charge in [0.2, 0.25) is 0 Å². The summed E-state index contributed by atoms with van der Waals surface area (Å²) in [5, 5.41) is 5.11. The fourth-order valence-corrected chi connectivity index (χ4v) is 8.82. The smallest absolute Gasteiger partial charge is 0.160 e. The van der Waals surface area contributed by atoms with Gasteiger partial charge in [0.25, 0.3) is 0 Å². The molecular weight excluding hydrogens is 639 g/mol. The van der Waals surface area contributed by atoms with E-state index < -0.39 is 0 Å². The first-order valence-electron chi connectivity index (χ1n) is 17.5. The Labute approximate surface area is 300 Å². The molecule has 0 spiro atoms. The quantitative estimate of drug-likeness (QED) is 0.182. The Bertz CT molecular complexity index is 2840. The van der Waals surface area contributed by atoms with Crippen LogP contribution in [0.1, 0.15) is 18.5 Å². The first-order valence-corrected chi connectivity index (χ1v) is 18.3. The Hall–Kier alpha value is -6.10. The summed E-state index contributed by atoms with van der Waals surface area (Å²) >= 11 is 1.86. The number of rotatable bonds is 5. The third-order valence-electron chi connectivity index (χ3n) is 10.3. The second-order valence-electron chi connectivity index (χ2n) is 13.5. The van der Waals surface area contributed by atoms with E-state index in [2.05, 4.69) is 175 Å². The zero-order valence-corrected chi connectivity index (χ0v) is 28.9. The van der Waals surface area contributed by atoms with Crippen molar-refractivity contribution in [3.63, 3.8) is 0 Å². The van der Waals surface area contributed by atoms with Crippen molar-refractivity contribution in [3.05, 3.63) is 176 Å². The minimum Gasteiger partial charge on any atom is -0.309 e. The predicted octanol–water partition coefficient (Wildman–Crippen LogP) is 12.8. The Balaban J connectivity index is 1.11. The zero-order chi connectivity index (χ0) is 33.9. The number of benzene rings is 6. The molecule has 6 aromatic carbocycles. The highest BCUT2D eigenvalue weighted by atomic mass is 32.1. The summed E-state index contributed by atoms with van der Waals surface area (Å²) in [5.74, 6) is 1.28. The van der Waals surface area contributed by atoms with Crippen molar-refractivity contribution in [2.45, 2.75) is 12.8 Å². The van der Waals surface area contributed by atoms with Gasteiger partial charge in [0.05, 0.1) is 22.4 Å². The number of hydrogen-bond acceptors (Lipinski definition) is 3. The average Bonchev–Trinajstić information content (AvgIpc) is 3.73. The molecule has 2 unspecified atom stereocenters. The standard InChI is InChI=1S/C47H33N3S/c1-30-12-5-6-17-36(30)42-29-41(31-13-3-2-4-14-31)48-47(49-42)34-15-11-16-35(26-34)50-43-20-9-7-18-37(43)39-27-32(22-24-44(39)50)33-23-25-46-40(28-33)38-19-8-10-21-45(38)51-46/h2-30,36H,1H3. The first-order chi connectivity index (χ1) is 25.2. The molecule has 0 fully saturated rings. The summed E-state index contributed by atoms with van der Waals surface area (Å²) in [6, 6.07) is 52.5. The van der Waals surface area contributed by atoms with E-state index in [4.69, 9.17) is 9.97 Å². The molecule has 0 bridgehead atoms. The highest BCUT2D eigenvalue weighted by Crippen LogP contribution is 2.39. The van der Waals surface area contributed by atoms with E-state index in [0.717, 1.165) is 34.0 Å². The van der Waals surface area contributed by atoms with Crippen LogP contribution in [-0.4, -0.2) is 14.5 Å². The van der Waals surface area contributed by atoms with Crippen LogP contribution in [0.25, 0.3) is 81.4 Å². The van der Waals surface area contributed by atoms with Gasteiger partial charge in [-0.3, -0.25) is 0 Å². The summed E-state index contributed by atoms with van der Waals surface area (Å²) in [5.41, 5.74) is 9.94. The molecule has 242 valence electrons. The number of aromatic nitrogens is 3. The summed E-state index contributed by atoms with van der Waals surface area (Å²) in [7, 11) is 0. The fourth-order valence-electron chi connectivity index (χ4n) is 7.73. The normalized spacial score (nSPS) is 15.8. The highest BCUT2D eigenvalue weighted by molar-refractivity contribution is 7.25. The van der Waals surface area contributed by atoms with Crippen molar-refractivity contribution in [2.24, 2.45) is 5.92 Å². The van der Waals surface area contributed by atoms with E-state index in [0.29, 0.717) is 5.92 Å². The summed E-state index contributed by atoms with van der Waals surface area (Å²) in [6.07, 6.45) is 8.77. The van der Waals surface area contributed by atoms with Gasteiger partial charge in [-0.05, 0) is 71.6 Å². The molecule has 3 aromatic heterocycles. The van der Waals surface area contributed by atoms with E-state index in [1.807, 2.05) is 17.4 Å². The Kier molecular flexibility index (Phi) is 7.03. The molecule has 10 rings (SSSR count). The number of para-hydroxylation sites is 1. The summed E-state index contributed by atoms with van der Waals surface area (Å²) in [4.78, 5) is 10.4. The SMILES string of the molecule is CC1C=CC=CC1c1cc(-c2ccccc2)nc(-c2cccc(-n3c4ccccc4c4cc(-c5ccc6sc7ccccc7c6c5)ccc43)c2)n1. The molecule has 0 aliphatic heterocycles. The minimum absolute atomic E-state index is 0.188. The van der Waals surface area contributed by atoms with Crippen molar-refractivity contribution in [1.82, 2.24) is 14.5 Å². The molecule has 3 nitrogen and oxygen atoms in total. The van der Waals surface area contributed by atoms with Crippen molar-refractivity contribution in [2.75, 3.05) is 0 Å². The van der Waals surface area contributed by atoms with Gasteiger partial charge in [0.15, 0.2) is 5.82 Å². The van der Waals surface area contributed by atoms with E-state index in [1.54, 1.807) is 0 Å². The van der Waals surface area contributed by atoms with Gasteiger partial charge in [-0.2, -0.15) is 0 Å². The largest absolute Gasteiger partial charge is 0.309 e. The van der Waals surface area contributed by atoms with Gasteiger partial charge in [-0.1, -0.05) is 122 Å². The number of nitrogens with zero attached hydrogens (tertiary/aromatic N) is 3. The number of thiophene rings is 1. The van der Waals surface area contributed by atoms with Gasteiger partial charge < -0.3 is 4.57 Å². The number of hydrogen-bond donors (Lipinski definition) is 0. The summed E-state index contributed by atoms with van der Waals surface area (Å²) in [6.45, 7) is 2.26. The molecule has 0 N–H and O–H groups in total. The lowest BCUT2D eigenvalue weighted by atomic mass is 9.86. The van der Waals surface area contributed by atoms with Crippen LogP contribution in [0.4, 0.5) is 0 Å². The lowest BCUT2D eigenvalue weighted by molar-refractivity contribution is 0.619. The van der Waals surface area contributed by atoms with Gasteiger partial charge >= 0.3 is 0 Å². The van der Waals surface area contributed by atoms with Crippen LogP contribution < -0.4 is 0 Å². The van der Waals surface area contributed by atoms with Crippen molar-refractivity contribution >= 4 is 53.3 Å².